The van der Waals surface area contributed by atoms with E-state index in [-0.39, 0.29) is 5.91 Å². The molecule has 1 heterocycles. The predicted octanol–water partition coefficient (Wildman–Crippen LogP) is 0.898. The zero-order chi connectivity index (χ0) is 12.3. The Morgan fingerprint density at radius 1 is 1.41 bits per heavy atom. The quantitative estimate of drug-likeness (QED) is 0.643. The predicted molar refractivity (Wildman–Crippen MR) is 66.0 cm³/mol. The maximum atomic E-state index is 11.9. The summed E-state index contributed by atoms with van der Waals surface area (Å²) in [5.74, 6) is -0.0276. The van der Waals surface area contributed by atoms with Crippen LogP contribution in [0.5, 0.6) is 0 Å². The molecule has 94 valence electrons. The number of aryl methyl sites for hydroxylation is 2. The molecule has 1 aromatic heterocycles. The Balaban J connectivity index is 1.69. The molecular formula is C12H20N4O. The molecule has 0 aliphatic heterocycles. The fourth-order valence-corrected chi connectivity index (χ4v) is 1.86. The summed E-state index contributed by atoms with van der Waals surface area (Å²) in [7, 11) is 0. The van der Waals surface area contributed by atoms with Crippen LogP contribution in [0, 0.1) is 13.8 Å². The SMILES string of the molecule is Cc1n[nH]c(C)c1C(=O)NCCCNC1CC1. The number of nitrogens with zero attached hydrogens (tertiary/aromatic N) is 1. The summed E-state index contributed by atoms with van der Waals surface area (Å²) in [6.45, 7) is 5.40. The van der Waals surface area contributed by atoms with Gasteiger partial charge >= 0.3 is 0 Å². The van der Waals surface area contributed by atoms with Gasteiger partial charge < -0.3 is 10.6 Å². The van der Waals surface area contributed by atoms with Gasteiger partial charge in [-0.2, -0.15) is 5.10 Å². The Morgan fingerprint density at radius 3 is 2.76 bits per heavy atom. The molecule has 1 amide bonds. The van der Waals surface area contributed by atoms with Crippen LogP contribution < -0.4 is 10.6 Å². The van der Waals surface area contributed by atoms with Crippen molar-refractivity contribution in [1.82, 2.24) is 20.8 Å². The van der Waals surface area contributed by atoms with Gasteiger partial charge in [0.25, 0.3) is 5.91 Å². The molecule has 0 radical (unpaired) electrons. The fourth-order valence-electron chi connectivity index (χ4n) is 1.86. The first-order valence-corrected chi connectivity index (χ1v) is 6.21. The first kappa shape index (κ1) is 12.1. The van der Waals surface area contributed by atoms with Gasteiger partial charge in [-0.1, -0.05) is 0 Å². The molecule has 1 aliphatic rings. The number of amides is 1. The largest absolute Gasteiger partial charge is 0.352 e. The molecule has 17 heavy (non-hydrogen) atoms. The molecule has 1 aliphatic carbocycles. The highest BCUT2D eigenvalue weighted by Gasteiger charge is 2.19. The van der Waals surface area contributed by atoms with Crippen LogP contribution in [0.4, 0.5) is 0 Å². The molecule has 2 rings (SSSR count). The van der Waals surface area contributed by atoms with E-state index >= 15 is 0 Å². The summed E-state index contributed by atoms with van der Waals surface area (Å²) in [5, 5.41) is 13.2. The summed E-state index contributed by atoms with van der Waals surface area (Å²) in [6.07, 6.45) is 3.58. The third kappa shape index (κ3) is 3.30. The van der Waals surface area contributed by atoms with E-state index in [4.69, 9.17) is 0 Å². The van der Waals surface area contributed by atoms with Crippen molar-refractivity contribution >= 4 is 5.91 Å². The lowest BCUT2D eigenvalue weighted by Crippen LogP contribution is -2.28. The number of nitrogens with one attached hydrogen (secondary N) is 3. The minimum Gasteiger partial charge on any atom is -0.352 e. The highest BCUT2D eigenvalue weighted by molar-refractivity contribution is 5.96. The molecule has 5 heteroatoms. The molecule has 1 saturated carbocycles. The fraction of sp³-hybridized carbons (Fsp3) is 0.667. The van der Waals surface area contributed by atoms with Crippen LogP contribution in [0.15, 0.2) is 0 Å². The molecule has 1 fully saturated rings. The van der Waals surface area contributed by atoms with Crippen LogP contribution in [0.1, 0.15) is 41.0 Å². The second-order valence-corrected chi connectivity index (χ2v) is 4.65. The molecule has 0 unspecified atom stereocenters. The summed E-state index contributed by atoms with van der Waals surface area (Å²) < 4.78 is 0. The number of aromatic amines is 1. The van der Waals surface area contributed by atoms with Gasteiger partial charge in [-0.15, -0.1) is 0 Å². The number of aromatic nitrogens is 2. The second-order valence-electron chi connectivity index (χ2n) is 4.65. The van der Waals surface area contributed by atoms with E-state index in [1.807, 2.05) is 13.8 Å². The zero-order valence-electron chi connectivity index (χ0n) is 10.5. The number of hydrogen-bond donors (Lipinski definition) is 3. The van der Waals surface area contributed by atoms with Gasteiger partial charge in [0, 0.05) is 18.3 Å². The molecule has 0 bridgehead atoms. The molecule has 5 nitrogen and oxygen atoms in total. The standard InChI is InChI=1S/C12H20N4O/c1-8-11(9(2)16-15-8)12(17)14-7-3-6-13-10-4-5-10/h10,13H,3-7H2,1-2H3,(H,14,17)(H,15,16). The van der Waals surface area contributed by atoms with E-state index in [0.717, 1.165) is 30.4 Å². The minimum atomic E-state index is -0.0276. The first-order chi connectivity index (χ1) is 8.18. The molecular weight excluding hydrogens is 216 g/mol. The molecule has 1 aromatic rings. The van der Waals surface area contributed by atoms with Gasteiger partial charge in [-0.05, 0) is 39.7 Å². The summed E-state index contributed by atoms with van der Waals surface area (Å²) in [6, 6.07) is 0.740. The molecule has 3 N–H and O–H groups in total. The van der Waals surface area contributed by atoms with E-state index in [9.17, 15) is 4.79 Å². The average molecular weight is 236 g/mol. The summed E-state index contributed by atoms with van der Waals surface area (Å²) >= 11 is 0. The number of carbonyl (C=O) groups is 1. The number of hydrogen-bond acceptors (Lipinski definition) is 3. The maximum absolute atomic E-state index is 11.9. The normalized spacial score (nSPS) is 14.9. The Labute approximate surface area is 101 Å². The second kappa shape index (κ2) is 5.31. The van der Waals surface area contributed by atoms with Gasteiger partial charge in [0.05, 0.1) is 11.3 Å². The van der Waals surface area contributed by atoms with Crippen LogP contribution in [-0.2, 0) is 0 Å². The van der Waals surface area contributed by atoms with Crippen LogP contribution >= 0.6 is 0 Å². The minimum absolute atomic E-state index is 0.0276. The third-order valence-corrected chi connectivity index (χ3v) is 3.00. The van der Waals surface area contributed by atoms with Crippen molar-refractivity contribution in [3.05, 3.63) is 17.0 Å². The number of H-pyrrole nitrogens is 1. The van der Waals surface area contributed by atoms with E-state index < -0.39 is 0 Å². The zero-order valence-corrected chi connectivity index (χ0v) is 10.5. The number of rotatable bonds is 6. The van der Waals surface area contributed by atoms with Gasteiger partial charge in [0.15, 0.2) is 0 Å². The van der Waals surface area contributed by atoms with E-state index in [1.165, 1.54) is 12.8 Å². The molecule has 0 atom stereocenters. The van der Waals surface area contributed by atoms with Crippen LogP contribution in [0.25, 0.3) is 0 Å². The van der Waals surface area contributed by atoms with Crippen molar-refractivity contribution in [3.8, 4) is 0 Å². The lowest BCUT2D eigenvalue weighted by Gasteiger charge is -2.06. The van der Waals surface area contributed by atoms with E-state index in [2.05, 4.69) is 20.8 Å². The van der Waals surface area contributed by atoms with Crippen LogP contribution in [0.3, 0.4) is 0 Å². The lowest BCUT2D eigenvalue weighted by molar-refractivity contribution is 0.0952. The Morgan fingerprint density at radius 2 is 2.18 bits per heavy atom. The lowest BCUT2D eigenvalue weighted by atomic mass is 10.2. The topological polar surface area (TPSA) is 69.8 Å². The number of carbonyl (C=O) groups excluding carboxylic acids is 1. The van der Waals surface area contributed by atoms with Gasteiger partial charge in [-0.3, -0.25) is 9.89 Å². The third-order valence-electron chi connectivity index (χ3n) is 3.00. The summed E-state index contributed by atoms with van der Waals surface area (Å²) in [4.78, 5) is 11.9. The van der Waals surface area contributed by atoms with Crippen LogP contribution in [-0.4, -0.2) is 35.2 Å². The van der Waals surface area contributed by atoms with Crippen molar-refractivity contribution in [2.75, 3.05) is 13.1 Å². The van der Waals surface area contributed by atoms with Gasteiger partial charge in [0.2, 0.25) is 0 Å². The molecule has 0 saturated heterocycles. The highest BCUT2D eigenvalue weighted by Crippen LogP contribution is 2.18. The smallest absolute Gasteiger partial charge is 0.255 e. The van der Waals surface area contributed by atoms with Gasteiger partial charge in [-0.25, -0.2) is 0 Å². The van der Waals surface area contributed by atoms with Crippen molar-refractivity contribution in [3.63, 3.8) is 0 Å². The molecule has 0 aromatic carbocycles. The van der Waals surface area contributed by atoms with Crippen molar-refractivity contribution < 1.29 is 4.79 Å². The highest BCUT2D eigenvalue weighted by atomic mass is 16.1. The van der Waals surface area contributed by atoms with Crippen molar-refractivity contribution in [2.45, 2.75) is 39.2 Å². The Bertz CT molecular complexity index is 376. The van der Waals surface area contributed by atoms with Crippen LogP contribution in [0.2, 0.25) is 0 Å². The van der Waals surface area contributed by atoms with E-state index in [0.29, 0.717) is 12.1 Å². The van der Waals surface area contributed by atoms with Crippen molar-refractivity contribution in [1.29, 1.82) is 0 Å². The van der Waals surface area contributed by atoms with E-state index in [1.54, 1.807) is 0 Å². The Kier molecular flexibility index (Phi) is 3.78. The first-order valence-electron chi connectivity index (χ1n) is 6.21. The van der Waals surface area contributed by atoms with Crippen molar-refractivity contribution in [2.24, 2.45) is 0 Å². The summed E-state index contributed by atoms with van der Waals surface area (Å²) in [5.41, 5.74) is 2.27. The van der Waals surface area contributed by atoms with Gasteiger partial charge in [0.1, 0.15) is 0 Å². The molecule has 0 spiro atoms. The average Bonchev–Trinajstić information content (AvgIpc) is 3.04. The maximum Gasteiger partial charge on any atom is 0.255 e. The monoisotopic (exact) mass is 236 g/mol. The Hall–Kier alpha value is -1.36.